The van der Waals surface area contributed by atoms with Crippen molar-refractivity contribution in [3.05, 3.63) is 24.0 Å². The second-order valence-electron chi connectivity index (χ2n) is 5.87. The molecule has 0 bridgehead atoms. The van der Waals surface area contributed by atoms with E-state index < -0.39 is 18.0 Å². The van der Waals surface area contributed by atoms with E-state index in [1.165, 1.54) is 17.9 Å². The Morgan fingerprint density at radius 1 is 1.12 bits per heavy atom. The van der Waals surface area contributed by atoms with Gasteiger partial charge in [0.2, 0.25) is 0 Å². The molecular weight excluding hydrogens is 320 g/mol. The molecule has 0 fully saturated rings. The maximum absolute atomic E-state index is 11.4. The Morgan fingerprint density at radius 3 is 2.40 bits per heavy atom. The van der Waals surface area contributed by atoms with Crippen LogP contribution in [0.1, 0.15) is 53.9 Å². The van der Waals surface area contributed by atoms with Gasteiger partial charge >= 0.3 is 11.9 Å². The van der Waals surface area contributed by atoms with E-state index in [0.29, 0.717) is 18.9 Å². The molecule has 0 saturated carbocycles. The first-order chi connectivity index (χ1) is 11.9. The van der Waals surface area contributed by atoms with Crippen LogP contribution in [-0.4, -0.2) is 31.3 Å². The molecule has 2 atom stereocenters. The summed E-state index contributed by atoms with van der Waals surface area (Å²) in [5.41, 5.74) is 1.29. The molecule has 0 saturated heterocycles. The first kappa shape index (κ1) is 22.8. The van der Waals surface area contributed by atoms with Gasteiger partial charge in [0, 0.05) is 5.92 Å². The summed E-state index contributed by atoms with van der Waals surface area (Å²) < 4.78 is 15.1. The lowest BCUT2D eigenvalue weighted by Gasteiger charge is -2.15. The highest BCUT2D eigenvalue weighted by atomic mass is 16.5. The summed E-state index contributed by atoms with van der Waals surface area (Å²) in [4.78, 5) is 22.7. The van der Waals surface area contributed by atoms with Crippen LogP contribution in [0.5, 0.6) is 0 Å². The summed E-state index contributed by atoms with van der Waals surface area (Å²) in [6.45, 7) is 10.3. The molecule has 0 heterocycles. The van der Waals surface area contributed by atoms with Crippen molar-refractivity contribution in [2.75, 3.05) is 13.2 Å². The highest BCUT2D eigenvalue weighted by molar-refractivity contribution is 5.88. The molecule has 0 aromatic carbocycles. The Bertz CT molecular complexity index is 518. The predicted molar refractivity (Wildman–Crippen MR) is 97.5 cm³/mol. The molecule has 1 unspecified atom stereocenters. The lowest BCUT2D eigenvalue weighted by atomic mass is 9.98. The van der Waals surface area contributed by atoms with E-state index in [1.54, 1.807) is 13.8 Å². The average Bonchev–Trinajstić information content (AvgIpc) is 2.52. The number of rotatable bonds is 10. The number of hydrogen-bond acceptors (Lipinski definition) is 5. The smallest absolute Gasteiger partial charge is 0.384 e. The van der Waals surface area contributed by atoms with Crippen LogP contribution >= 0.6 is 0 Å². The summed E-state index contributed by atoms with van der Waals surface area (Å²) in [6.07, 6.45) is 6.81. The average molecular weight is 350 g/mol. The molecule has 0 aliphatic rings. The predicted octanol–water partition coefficient (Wildman–Crippen LogP) is 3.79. The van der Waals surface area contributed by atoms with Gasteiger partial charge in [-0.25, -0.2) is 9.59 Å². The topological polar surface area (TPSA) is 61.8 Å². The summed E-state index contributed by atoms with van der Waals surface area (Å²) in [6, 6.07) is 0. The normalized spacial score (nSPS) is 12.5. The third-order valence-corrected chi connectivity index (χ3v) is 3.17. The van der Waals surface area contributed by atoms with Crippen molar-refractivity contribution in [1.82, 2.24) is 0 Å². The summed E-state index contributed by atoms with van der Waals surface area (Å²) >= 11 is 0. The molecule has 0 spiro atoms. The third-order valence-electron chi connectivity index (χ3n) is 3.17. The van der Waals surface area contributed by atoms with Crippen LogP contribution in [0.15, 0.2) is 24.0 Å². The first-order valence-corrected chi connectivity index (χ1v) is 8.69. The maximum Gasteiger partial charge on any atom is 0.384 e. The monoisotopic (exact) mass is 350 g/mol. The van der Waals surface area contributed by atoms with E-state index in [-0.39, 0.29) is 6.61 Å². The van der Waals surface area contributed by atoms with Crippen molar-refractivity contribution in [2.24, 2.45) is 5.92 Å². The second-order valence-corrected chi connectivity index (χ2v) is 5.87. The van der Waals surface area contributed by atoms with Crippen LogP contribution in [0.25, 0.3) is 0 Å². The van der Waals surface area contributed by atoms with Gasteiger partial charge < -0.3 is 14.2 Å². The summed E-state index contributed by atoms with van der Waals surface area (Å²) in [5, 5.41) is 0. The molecule has 0 aromatic heterocycles. The molecule has 0 aromatic rings. The largest absolute Gasteiger partial charge is 0.485 e. The number of hydrogen-bond donors (Lipinski definition) is 0. The van der Waals surface area contributed by atoms with Crippen LogP contribution in [-0.2, 0) is 23.8 Å². The van der Waals surface area contributed by atoms with Gasteiger partial charge in [0.25, 0.3) is 0 Å². The lowest BCUT2D eigenvalue weighted by Crippen LogP contribution is -2.13. The quantitative estimate of drug-likeness (QED) is 0.150. The molecule has 5 heteroatoms. The van der Waals surface area contributed by atoms with Crippen LogP contribution in [0, 0.1) is 17.8 Å². The van der Waals surface area contributed by atoms with Crippen LogP contribution in [0.3, 0.4) is 0 Å². The van der Waals surface area contributed by atoms with Gasteiger partial charge in [-0.2, -0.15) is 0 Å². The number of esters is 2. The molecule has 0 amide bonds. The van der Waals surface area contributed by atoms with Crippen molar-refractivity contribution in [2.45, 2.75) is 60.0 Å². The van der Waals surface area contributed by atoms with Gasteiger partial charge in [-0.15, -0.1) is 0 Å². The zero-order valence-corrected chi connectivity index (χ0v) is 16.0. The number of carbonyl (C=O) groups excluding carboxylic acids is 2. The molecule has 0 rings (SSSR count). The van der Waals surface area contributed by atoms with E-state index >= 15 is 0 Å². The first-order valence-electron chi connectivity index (χ1n) is 8.69. The van der Waals surface area contributed by atoms with Gasteiger partial charge in [-0.3, -0.25) is 0 Å². The number of carbonyl (C=O) groups is 2. The highest BCUT2D eigenvalue weighted by Crippen LogP contribution is 2.16. The summed E-state index contributed by atoms with van der Waals surface area (Å²) in [7, 11) is 0. The molecule has 140 valence electrons. The highest BCUT2D eigenvalue weighted by Gasteiger charge is 2.11. The molecule has 0 aliphatic carbocycles. The van der Waals surface area contributed by atoms with Crippen LogP contribution in [0.2, 0.25) is 0 Å². The number of allylic oxidation sites excluding steroid dienone is 2. The third kappa shape index (κ3) is 13.9. The van der Waals surface area contributed by atoms with Gasteiger partial charge in [-0.1, -0.05) is 18.6 Å². The van der Waals surface area contributed by atoms with Crippen molar-refractivity contribution in [3.63, 3.8) is 0 Å². The van der Waals surface area contributed by atoms with Gasteiger partial charge in [0.05, 0.1) is 25.6 Å². The van der Waals surface area contributed by atoms with Crippen molar-refractivity contribution >= 4 is 11.9 Å². The minimum absolute atomic E-state index is 0.279. The molecule has 0 N–H and O–H groups in total. The second kappa shape index (κ2) is 14.2. The Labute approximate surface area is 151 Å². The Hall–Kier alpha value is -2.22. The van der Waals surface area contributed by atoms with Crippen molar-refractivity contribution < 1.29 is 23.8 Å². The van der Waals surface area contributed by atoms with Crippen molar-refractivity contribution in [1.29, 1.82) is 0 Å². The fourth-order valence-electron chi connectivity index (χ4n) is 1.97. The SMILES string of the molecule is CCOC(=O)C#CC(C[C@@H](C)CCC=C(C)C)O/C=C/C(=O)OCC. The molecule has 0 radical (unpaired) electrons. The standard InChI is InChI=1S/C20H30O5/c1-6-23-19(21)12-11-18(25-14-13-20(22)24-7-2)15-17(5)10-8-9-16(3)4/h9,13-14,17-18H,6-8,10,15H2,1-5H3/b14-13+/t17-,18?/m0/s1. The molecular formula is C20H30O5. The van der Waals surface area contributed by atoms with Crippen LogP contribution in [0.4, 0.5) is 0 Å². The van der Waals surface area contributed by atoms with E-state index in [9.17, 15) is 9.59 Å². The zero-order chi connectivity index (χ0) is 19.1. The summed E-state index contributed by atoms with van der Waals surface area (Å²) in [5.74, 6) is 4.50. The minimum atomic E-state index is -0.581. The fourth-order valence-corrected chi connectivity index (χ4v) is 1.97. The Kier molecular flexibility index (Phi) is 12.9. The Morgan fingerprint density at radius 2 is 1.80 bits per heavy atom. The zero-order valence-electron chi connectivity index (χ0n) is 16.0. The van der Waals surface area contributed by atoms with E-state index in [0.717, 1.165) is 12.8 Å². The van der Waals surface area contributed by atoms with Crippen LogP contribution < -0.4 is 0 Å². The van der Waals surface area contributed by atoms with E-state index in [4.69, 9.17) is 14.2 Å². The number of ether oxygens (including phenoxy) is 3. The van der Waals surface area contributed by atoms with Crippen molar-refractivity contribution in [3.8, 4) is 11.8 Å². The Balaban J connectivity index is 4.73. The molecule has 0 aliphatic heterocycles. The minimum Gasteiger partial charge on any atom is -0.485 e. The van der Waals surface area contributed by atoms with Gasteiger partial charge in [0.1, 0.15) is 0 Å². The maximum atomic E-state index is 11.4. The molecule has 5 nitrogen and oxygen atoms in total. The molecule has 25 heavy (non-hydrogen) atoms. The van der Waals surface area contributed by atoms with Gasteiger partial charge in [0.15, 0.2) is 6.10 Å². The van der Waals surface area contributed by atoms with E-state index in [1.807, 2.05) is 0 Å². The van der Waals surface area contributed by atoms with Gasteiger partial charge in [-0.05, 0) is 58.8 Å². The lowest BCUT2D eigenvalue weighted by molar-refractivity contribution is -0.137. The fraction of sp³-hybridized carbons (Fsp3) is 0.600. The van der Waals surface area contributed by atoms with E-state index in [2.05, 4.69) is 38.7 Å².